The molecule has 1 saturated heterocycles. The lowest BCUT2D eigenvalue weighted by molar-refractivity contribution is 0.385. The van der Waals surface area contributed by atoms with Crippen molar-refractivity contribution in [2.45, 2.75) is 25.7 Å². The molecule has 2 aromatic rings. The molecule has 0 aliphatic carbocycles. The number of nitrogens with zero attached hydrogens (tertiary/aromatic N) is 5. The molecule has 1 aromatic carbocycles. The maximum atomic E-state index is 4.72. The van der Waals surface area contributed by atoms with Crippen LogP contribution in [0.1, 0.15) is 31.2 Å². The highest BCUT2D eigenvalue weighted by molar-refractivity contribution is 5.55. The molecule has 1 fully saturated rings. The van der Waals surface area contributed by atoms with Gasteiger partial charge in [0.25, 0.3) is 0 Å². The molecule has 0 spiro atoms. The second-order valence-electron chi connectivity index (χ2n) is 8.22. The van der Waals surface area contributed by atoms with E-state index in [-0.39, 0.29) is 0 Å². The van der Waals surface area contributed by atoms with Crippen LogP contribution in [0.15, 0.2) is 42.6 Å². The van der Waals surface area contributed by atoms with E-state index in [0.29, 0.717) is 0 Å². The largest absolute Gasteiger partial charge is 0.378 e. The van der Waals surface area contributed by atoms with Gasteiger partial charge in [0, 0.05) is 58.7 Å². The number of anilines is 3. The van der Waals surface area contributed by atoms with Crippen LogP contribution in [-0.4, -0.2) is 68.7 Å². The minimum absolute atomic E-state index is 0.724. The zero-order valence-electron chi connectivity index (χ0n) is 18.7. The highest BCUT2D eigenvalue weighted by Crippen LogP contribution is 2.18. The molecule has 1 N–H and O–H groups in total. The molecule has 6 nitrogen and oxygen atoms in total. The van der Waals surface area contributed by atoms with Gasteiger partial charge in [-0.1, -0.05) is 37.1 Å². The van der Waals surface area contributed by atoms with Crippen LogP contribution in [-0.2, 0) is 0 Å². The summed E-state index contributed by atoms with van der Waals surface area (Å²) in [6.07, 6.45) is 11.4. The molecule has 0 saturated carbocycles. The molecule has 0 atom stereocenters. The van der Waals surface area contributed by atoms with E-state index in [9.17, 15) is 0 Å². The van der Waals surface area contributed by atoms with Crippen LogP contribution in [0.5, 0.6) is 0 Å². The molecular weight excluding hydrogens is 372 g/mol. The number of aromatic nitrogens is 2. The Hall–Kier alpha value is -2.60. The third-order valence-electron chi connectivity index (χ3n) is 5.48. The maximum Gasteiger partial charge on any atom is 0.224 e. The second-order valence-corrected chi connectivity index (χ2v) is 8.22. The molecule has 0 amide bonds. The zero-order chi connectivity index (χ0) is 21.2. The van der Waals surface area contributed by atoms with Gasteiger partial charge in [-0.05, 0) is 43.7 Å². The van der Waals surface area contributed by atoms with E-state index < -0.39 is 0 Å². The van der Waals surface area contributed by atoms with Crippen molar-refractivity contribution in [1.29, 1.82) is 0 Å². The third-order valence-corrected chi connectivity index (χ3v) is 5.48. The van der Waals surface area contributed by atoms with Gasteiger partial charge in [0.05, 0.1) is 0 Å². The fourth-order valence-electron chi connectivity index (χ4n) is 3.61. The lowest BCUT2D eigenvalue weighted by atomic mass is 10.2. The van der Waals surface area contributed by atoms with Gasteiger partial charge in [0.2, 0.25) is 5.95 Å². The molecule has 1 aromatic heterocycles. The summed E-state index contributed by atoms with van der Waals surface area (Å²) in [6.45, 7) is 4.87. The average molecular weight is 409 g/mol. The van der Waals surface area contributed by atoms with Crippen LogP contribution in [0.2, 0.25) is 0 Å². The molecular formula is C24H36N6. The lowest BCUT2D eigenvalue weighted by Crippen LogP contribution is -2.27. The fourth-order valence-corrected chi connectivity index (χ4v) is 3.61. The summed E-state index contributed by atoms with van der Waals surface area (Å²) in [5.41, 5.74) is 2.45. The average Bonchev–Trinajstić information content (AvgIpc) is 3.04. The molecule has 1 aliphatic rings. The molecule has 0 radical (unpaired) electrons. The fraction of sp³-hybridized carbons (Fsp3) is 0.500. The first-order chi connectivity index (χ1) is 14.6. The van der Waals surface area contributed by atoms with E-state index in [2.05, 4.69) is 82.6 Å². The number of nitrogens with one attached hydrogen (secondary N) is 1. The van der Waals surface area contributed by atoms with E-state index in [0.717, 1.165) is 44.5 Å². The van der Waals surface area contributed by atoms with Gasteiger partial charge in [0.1, 0.15) is 5.82 Å². The SMILES string of the molecule is CN(CC=Cc1ccc(N(C)C)cc1)CCNc1nccc(N2CCCCCC2)n1. The van der Waals surface area contributed by atoms with Crippen molar-refractivity contribution >= 4 is 23.5 Å². The predicted octanol–water partition coefficient (Wildman–Crippen LogP) is 3.98. The van der Waals surface area contributed by atoms with Gasteiger partial charge < -0.3 is 20.0 Å². The summed E-state index contributed by atoms with van der Waals surface area (Å²) in [6, 6.07) is 10.6. The van der Waals surface area contributed by atoms with Crippen molar-refractivity contribution in [3.63, 3.8) is 0 Å². The standard InChI is InChI=1S/C24H36N6/c1-28(2)22-12-10-21(11-13-22)9-8-17-29(3)20-16-26-24-25-15-14-23(27-24)30-18-6-4-5-7-19-30/h8-15H,4-7,16-20H2,1-3H3,(H,25,26,27). The smallest absolute Gasteiger partial charge is 0.224 e. The third kappa shape index (κ3) is 7.02. The van der Waals surface area contributed by atoms with Crippen molar-refractivity contribution in [2.24, 2.45) is 0 Å². The zero-order valence-corrected chi connectivity index (χ0v) is 18.7. The number of likely N-dealkylation sites (N-methyl/N-ethyl adjacent to an activating group) is 1. The summed E-state index contributed by atoms with van der Waals surface area (Å²) in [7, 11) is 6.25. The van der Waals surface area contributed by atoms with Crippen LogP contribution >= 0.6 is 0 Å². The lowest BCUT2D eigenvalue weighted by Gasteiger charge is -2.21. The Morgan fingerprint density at radius 3 is 2.43 bits per heavy atom. The van der Waals surface area contributed by atoms with Gasteiger partial charge in [0.15, 0.2) is 0 Å². The maximum absolute atomic E-state index is 4.72. The predicted molar refractivity (Wildman–Crippen MR) is 129 cm³/mol. The Balaban J connectivity index is 1.40. The van der Waals surface area contributed by atoms with E-state index in [4.69, 9.17) is 4.98 Å². The van der Waals surface area contributed by atoms with E-state index in [1.807, 2.05) is 12.3 Å². The topological polar surface area (TPSA) is 47.5 Å². The summed E-state index contributed by atoms with van der Waals surface area (Å²) < 4.78 is 0. The Morgan fingerprint density at radius 1 is 1.00 bits per heavy atom. The molecule has 2 heterocycles. The summed E-state index contributed by atoms with van der Waals surface area (Å²) in [5.74, 6) is 1.77. The highest BCUT2D eigenvalue weighted by atomic mass is 15.2. The monoisotopic (exact) mass is 408 g/mol. The minimum atomic E-state index is 0.724. The van der Waals surface area contributed by atoms with Gasteiger partial charge >= 0.3 is 0 Å². The summed E-state index contributed by atoms with van der Waals surface area (Å²) in [5, 5.41) is 3.38. The van der Waals surface area contributed by atoms with Gasteiger partial charge in [-0.25, -0.2) is 4.98 Å². The summed E-state index contributed by atoms with van der Waals surface area (Å²) in [4.78, 5) is 15.9. The van der Waals surface area contributed by atoms with Gasteiger partial charge in [-0.3, -0.25) is 0 Å². The van der Waals surface area contributed by atoms with E-state index in [1.165, 1.54) is 36.9 Å². The normalized spacial score (nSPS) is 14.9. The first-order valence-electron chi connectivity index (χ1n) is 11.1. The molecule has 0 bridgehead atoms. The van der Waals surface area contributed by atoms with E-state index in [1.54, 1.807) is 0 Å². The molecule has 30 heavy (non-hydrogen) atoms. The highest BCUT2D eigenvalue weighted by Gasteiger charge is 2.11. The van der Waals surface area contributed by atoms with Crippen LogP contribution < -0.4 is 15.1 Å². The Morgan fingerprint density at radius 2 is 1.73 bits per heavy atom. The Labute approximate surface area is 181 Å². The van der Waals surface area contributed by atoms with Crippen molar-refractivity contribution in [3.05, 3.63) is 48.2 Å². The van der Waals surface area contributed by atoms with Crippen molar-refractivity contribution in [1.82, 2.24) is 14.9 Å². The van der Waals surface area contributed by atoms with Crippen molar-refractivity contribution in [3.8, 4) is 0 Å². The van der Waals surface area contributed by atoms with Crippen molar-refractivity contribution in [2.75, 3.05) is 69.0 Å². The quantitative estimate of drug-likeness (QED) is 0.677. The number of benzene rings is 1. The van der Waals surface area contributed by atoms with Crippen LogP contribution in [0.3, 0.4) is 0 Å². The molecule has 162 valence electrons. The van der Waals surface area contributed by atoms with Crippen LogP contribution in [0, 0.1) is 0 Å². The van der Waals surface area contributed by atoms with E-state index >= 15 is 0 Å². The van der Waals surface area contributed by atoms with Crippen molar-refractivity contribution < 1.29 is 0 Å². The molecule has 6 heteroatoms. The first-order valence-corrected chi connectivity index (χ1v) is 11.1. The number of hydrogen-bond acceptors (Lipinski definition) is 6. The van der Waals surface area contributed by atoms with Gasteiger partial charge in [-0.2, -0.15) is 4.98 Å². The Bertz CT molecular complexity index is 779. The molecule has 3 rings (SSSR count). The Kier molecular flexibility index (Phi) is 8.51. The first kappa shape index (κ1) is 22.1. The minimum Gasteiger partial charge on any atom is -0.378 e. The molecule has 1 aliphatic heterocycles. The molecule has 0 unspecified atom stereocenters. The van der Waals surface area contributed by atoms with Gasteiger partial charge in [-0.15, -0.1) is 0 Å². The van der Waals surface area contributed by atoms with Crippen LogP contribution in [0.4, 0.5) is 17.5 Å². The number of hydrogen-bond donors (Lipinski definition) is 1. The number of rotatable bonds is 9. The summed E-state index contributed by atoms with van der Waals surface area (Å²) >= 11 is 0. The second kappa shape index (κ2) is 11.6. The van der Waals surface area contributed by atoms with Crippen LogP contribution in [0.25, 0.3) is 6.08 Å².